The van der Waals surface area contributed by atoms with E-state index in [0.29, 0.717) is 5.92 Å². The lowest BCUT2D eigenvalue weighted by Crippen LogP contribution is -1.89. The third-order valence-electron chi connectivity index (χ3n) is 2.28. The Morgan fingerprint density at radius 3 is 2.73 bits per heavy atom. The second kappa shape index (κ2) is 4.14. The van der Waals surface area contributed by atoms with Gasteiger partial charge in [-0.1, -0.05) is 20.8 Å². The average molecular weight is 221 g/mol. The zero-order chi connectivity index (χ0) is 10.8. The molecule has 0 saturated heterocycles. The molecular formula is C11H15N3S. The maximum atomic E-state index is 4.47. The lowest BCUT2D eigenvalue weighted by atomic mass is 10.2. The number of H-pyrrole nitrogens is 1. The van der Waals surface area contributed by atoms with Crippen LogP contribution in [0.3, 0.4) is 0 Å². The van der Waals surface area contributed by atoms with Crippen LogP contribution in [0, 0.1) is 0 Å². The summed E-state index contributed by atoms with van der Waals surface area (Å²) in [4.78, 5) is 7.00. The molecule has 0 aromatic carbocycles. The van der Waals surface area contributed by atoms with Crippen LogP contribution in [0.5, 0.6) is 0 Å². The summed E-state index contributed by atoms with van der Waals surface area (Å²) in [5.41, 5.74) is 0. The molecule has 0 radical (unpaired) electrons. The predicted molar refractivity (Wildman–Crippen MR) is 63.2 cm³/mol. The molecule has 1 N–H and O–H groups in total. The molecule has 0 atom stereocenters. The van der Waals surface area contributed by atoms with Crippen LogP contribution < -0.4 is 0 Å². The summed E-state index contributed by atoms with van der Waals surface area (Å²) < 4.78 is 0. The number of thiophene rings is 1. The first-order valence-electron chi connectivity index (χ1n) is 5.22. The van der Waals surface area contributed by atoms with Crippen LogP contribution in [-0.4, -0.2) is 15.2 Å². The summed E-state index contributed by atoms with van der Waals surface area (Å²) >= 11 is 1.77. The molecule has 0 bridgehead atoms. The molecule has 4 heteroatoms. The fraction of sp³-hybridized carbons (Fsp3) is 0.455. The van der Waals surface area contributed by atoms with Crippen molar-refractivity contribution in [1.29, 1.82) is 0 Å². The van der Waals surface area contributed by atoms with E-state index < -0.39 is 0 Å². The van der Waals surface area contributed by atoms with Crippen LogP contribution in [0.4, 0.5) is 0 Å². The second-order valence-corrected chi connectivity index (χ2v) is 4.99. The third kappa shape index (κ3) is 2.09. The number of nitrogens with zero attached hydrogens (tertiary/aromatic N) is 2. The summed E-state index contributed by atoms with van der Waals surface area (Å²) in [5, 5.41) is 7.21. The minimum Gasteiger partial charge on any atom is -0.262 e. The molecule has 0 aliphatic carbocycles. The van der Waals surface area contributed by atoms with Gasteiger partial charge in [0, 0.05) is 10.8 Å². The van der Waals surface area contributed by atoms with Gasteiger partial charge < -0.3 is 0 Å². The topological polar surface area (TPSA) is 41.6 Å². The molecule has 0 unspecified atom stereocenters. The van der Waals surface area contributed by atoms with Gasteiger partial charge in [0.1, 0.15) is 5.82 Å². The molecule has 2 aromatic rings. The van der Waals surface area contributed by atoms with Crippen molar-refractivity contribution >= 4 is 11.3 Å². The fourth-order valence-corrected chi connectivity index (χ4v) is 2.21. The highest BCUT2D eigenvalue weighted by Crippen LogP contribution is 2.26. The second-order valence-electron chi connectivity index (χ2n) is 3.82. The number of hydrogen-bond donors (Lipinski definition) is 1. The van der Waals surface area contributed by atoms with Crippen LogP contribution in [-0.2, 0) is 6.42 Å². The number of hydrogen-bond acceptors (Lipinski definition) is 3. The number of aromatic nitrogens is 3. The number of nitrogens with one attached hydrogen (secondary N) is 1. The van der Waals surface area contributed by atoms with Crippen molar-refractivity contribution in [2.45, 2.75) is 33.1 Å². The molecule has 0 fully saturated rings. The molecule has 2 rings (SSSR count). The monoisotopic (exact) mass is 221 g/mol. The molecule has 0 saturated carbocycles. The van der Waals surface area contributed by atoms with Crippen LogP contribution in [0.2, 0.25) is 0 Å². The van der Waals surface area contributed by atoms with Crippen LogP contribution in [0.15, 0.2) is 12.1 Å². The van der Waals surface area contributed by atoms with Gasteiger partial charge in [0.25, 0.3) is 0 Å². The van der Waals surface area contributed by atoms with Gasteiger partial charge >= 0.3 is 0 Å². The molecule has 80 valence electrons. The van der Waals surface area contributed by atoms with Crippen molar-refractivity contribution in [1.82, 2.24) is 15.2 Å². The summed E-state index contributed by atoms with van der Waals surface area (Å²) in [6.45, 7) is 6.37. The Bertz CT molecular complexity index is 442. The Balaban J connectivity index is 2.28. The lowest BCUT2D eigenvalue weighted by Gasteiger charge is -1.94. The lowest BCUT2D eigenvalue weighted by molar-refractivity contribution is 0.781. The Hall–Kier alpha value is -1.16. The summed E-state index contributed by atoms with van der Waals surface area (Å²) in [6, 6.07) is 4.24. The zero-order valence-electron chi connectivity index (χ0n) is 9.24. The number of rotatable bonds is 3. The molecular weight excluding hydrogens is 206 g/mol. The first-order chi connectivity index (χ1) is 7.20. The van der Waals surface area contributed by atoms with E-state index in [2.05, 4.69) is 48.1 Å². The minimum atomic E-state index is 0.400. The van der Waals surface area contributed by atoms with E-state index in [0.717, 1.165) is 22.9 Å². The fourth-order valence-electron chi connectivity index (χ4n) is 1.33. The van der Waals surface area contributed by atoms with E-state index in [1.807, 2.05) is 0 Å². The van der Waals surface area contributed by atoms with Gasteiger partial charge in [0.15, 0.2) is 5.82 Å². The largest absolute Gasteiger partial charge is 0.262 e. The predicted octanol–water partition coefficient (Wildman–Crippen LogP) is 3.22. The standard InChI is InChI=1S/C11H15N3S/c1-4-8-5-6-9(15-8)11-12-10(7(2)3)13-14-11/h5-7H,4H2,1-3H3,(H,12,13,14). The van der Waals surface area contributed by atoms with Gasteiger partial charge in [-0.3, -0.25) is 5.10 Å². The quantitative estimate of drug-likeness (QED) is 0.864. The first-order valence-corrected chi connectivity index (χ1v) is 6.03. The van der Waals surface area contributed by atoms with Crippen molar-refractivity contribution in [3.8, 4) is 10.7 Å². The SMILES string of the molecule is CCc1ccc(-c2n[nH]c(C(C)C)n2)s1. The van der Waals surface area contributed by atoms with E-state index in [4.69, 9.17) is 0 Å². The van der Waals surface area contributed by atoms with Gasteiger partial charge in [0.2, 0.25) is 0 Å². The summed E-state index contributed by atoms with van der Waals surface area (Å²) in [6.07, 6.45) is 1.08. The van der Waals surface area contributed by atoms with Crippen molar-refractivity contribution in [2.24, 2.45) is 0 Å². The van der Waals surface area contributed by atoms with Gasteiger partial charge in [-0.05, 0) is 18.6 Å². The van der Waals surface area contributed by atoms with Crippen LogP contribution >= 0.6 is 11.3 Å². The van der Waals surface area contributed by atoms with E-state index in [1.165, 1.54) is 4.88 Å². The maximum Gasteiger partial charge on any atom is 0.191 e. The van der Waals surface area contributed by atoms with Crippen molar-refractivity contribution in [3.05, 3.63) is 22.8 Å². The maximum absolute atomic E-state index is 4.47. The van der Waals surface area contributed by atoms with E-state index in [9.17, 15) is 0 Å². The van der Waals surface area contributed by atoms with E-state index >= 15 is 0 Å². The molecule has 15 heavy (non-hydrogen) atoms. The average Bonchev–Trinajstić information content (AvgIpc) is 2.86. The molecule has 2 heterocycles. The van der Waals surface area contributed by atoms with Gasteiger partial charge in [-0.15, -0.1) is 11.3 Å². The highest BCUT2D eigenvalue weighted by atomic mass is 32.1. The Morgan fingerprint density at radius 2 is 2.20 bits per heavy atom. The molecule has 3 nitrogen and oxygen atoms in total. The summed E-state index contributed by atoms with van der Waals surface area (Å²) in [7, 11) is 0. The highest BCUT2D eigenvalue weighted by Gasteiger charge is 2.10. The van der Waals surface area contributed by atoms with Gasteiger partial charge in [-0.25, -0.2) is 4.98 Å². The molecule has 0 aliphatic rings. The molecule has 0 amide bonds. The normalized spacial score (nSPS) is 11.2. The Labute approximate surface area is 93.6 Å². The Morgan fingerprint density at radius 1 is 1.40 bits per heavy atom. The smallest absolute Gasteiger partial charge is 0.191 e. The van der Waals surface area contributed by atoms with Crippen molar-refractivity contribution in [2.75, 3.05) is 0 Å². The molecule has 0 spiro atoms. The van der Waals surface area contributed by atoms with Crippen molar-refractivity contribution in [3.63, 3.8) is 0 Å². The van der Waals surface area contributed by atoms with E-state index in [1.54, 1.807) is 11.3 Å². The summed E-state index contributed by atoms with van der Waals surface area (Å²) in [5.74, 6) is 2.18. The first kappa shape index (κ1) is 10.4. The Kier molecular flexibility index (Phi) is 2.86. The number of aromatic amines is 1. The van der Waals surface area contributed by atoms with E-state index in [-0.39, 0.29) is 0 Å². The highest BCUT2D eigenvalue weighted by molar-refractivity contribution is 7.15. The molecule has 2 aromatic heterocycles. The third-order valence-corrected chi connectivity index (χ3v) is 3.51. The van der Waals surface area contributed by atoms with Gasteiger partial charge in [-0.2, -0.15) is 5.10 Å². The minimum absolute atomic E-state index is 0.400. The number of aryl methyl sites for hydroxylation is 1. The van der Waals surface area contributed by atoms with Gasteiger partial charge in [0.05, 0.1) is 4.88 Å². The van der Waals surface area contributed by atoms with Crippen LogP contribution in [0.25, 0.3) is 10.7 Å². The molecule has 0 aliphatic heterocycles. The van der Waals surface area contributed by atoms with Crippen molar-refractivity contribution < 1.29 is 0 Å². The van der Waals surface area contributed by atoms with Crippen LogP contribution in [0.1, 0.15) is 37.4 Å². The zero-order valence-corrected chi connectivity index (χ0v) is 10.1.